The normalized spacial score (nSPS) is 12.9. The van der Waals surface area contributed by atoms with Crippen molar-refractivity contribution in [2.45, 2.75) is 19.1 Å². The molecule has 1 atom stereocenters. The molecule has 1 rings (SSSR count). The Balaban J connectivity index is 3.03. The predicted molar refractivity (Wildman–Crippen MR) is 64.3 cm³/mol. The maximum absolute atomic E-state index is 11.6. The van der Waals surface area contributed by atoms with Gasteiger partial charge in [-0.1, -0.05) is 0 Å². The number of nitriles is 1. The lowest BCUT2D eigenvalue weighted by Gasteiger charge is -2.10. The van der Waals surface area contributed by atoms with Crippen molar-refractivity contribution >= 4 is 31.8 Å². The number of aromatic nitrogens is 1. The summed E-state index contributed by atoms with van der Waals surface area (Å²) in [5, 5.41) is 7.45. The zero-order valence-corrected chi connectivity index (χ0v) is 11.1. The molecule has 1 heterocycles. The van der Waals surface area contributed by atoms with Crippen LogP contribution in [0.5, 0.6) is 0 Å². The van der Waals surface area contributed by atoms with E-state index in [2.05, 4.69) is 25.6 Å². The van der Waals surface area contributed by atoms with Gasteiger partial charge in [0, 0.05) is 10.7 Å². The molecule has 0 saturated heterocycles. The van der Waals surface area contributed by atoms with Gasteiger partial charge in [0.1, 0.15) is 5.82 Å². The number of anilines is 1. The van der Waals surface area contributed by atoms with Crippen LogP contribution in [0.25, 0.3) is 0 Å². The third-order valence-corrected chi connectivity index (χ3v) is 3.88. The Morgan fingerprint density at radius 2 is 2.25 bits per heavy atom. The summed E-state index contributed by atoms with van der Waals surface area (Å²) >= 11 is 3.23. The molecule has 0 fully saturated rings. The van der Waals surface area contributed by atoms with Crippen molar-refractivity contribution in [3.8, 4) is 6.07 Å². The monoisotopic (exact) mass is 303 g/mol. The Bertz CT molecular complexity index is 536. The molecule has 0 radical (unpaired) electrons. The van der Waals surface area contributed by atoms with Gasteiger partial charge in [-0.15, -0.1) is 0 Å². The molecule has 0 aliphatic carbocycles. The van der Waals surface area contributed by atoms with Crippen molar-refractivity contribution in [3.05, 3.63) is 22.3 Å². The lowest BCUT2D eigenvalue weighted by atomic mass is 10.3. The fourth-order valence-electron chi connectivity index (χ4n) is 0.940. The quantitative estimate of drug-likeness (QED) is 0.923. The average Bonchev–Trinajstić information content (AvgIpc) is 2.21. The first-order chi connectivity index (χ1) is 7.36. The van der Waals surface area contributed by atoms with Gasteiger partial charge in [0.15, 0.2) is 5.25 Å². The summed E-state index contributed by atoms with van der Waals surface area (Å²) in [6, 6.07) is 3.41. The largest absolute Gasteiger partial charge is 0.266 e. The van der Waals surface area contributed by atoms with Crippen LogP contribution in [-0.4, -0.2) is 18.7 Å². The second-order valence-corrected chi connectivity index (χ2v) is 6.15. The van der Waals surface area contributed by atoms with Crippen LogP contribution in [-0.2, 0) is 10.0 Å². The number of hydrogen-bond donors (Lipinski definition) is 1. The third kappa shape index (κ3) is 2.93. The van der Waals surface area contributed by atoms with Gasteiger partial charge in [0.25, 0.3) is 0 Å². The first-order valence-corrected chi connectivity index (χ1v) is 6.74. The van der Waals surface area contributed by atoms with Gasteiger partial charge in [0.2, 0.25) is 10.0 Å². The second-order valence-electron chi connectivity index (χ2n) is 3.24. The van der Waals surface area contributed by atoms with Crippen molar-refractivity contribution < 1.29 is 8.42 Å². The van der Waals surface area contributed by atoms with Gasteiger partial charge in [0.05, 0.1) is 6.07 Å². The Labute approximate surface area is 103 Å². The summed E-state index contributed by atoms with van der Waals surface area (Å²) in [5.74, 6) is 0.241. The van der Waals surface area contributed by atoms with Gasteiger partial charge in [-0.25, -0.2) is 13.4 Å². The second kappa shape index (κ2) is 4.80. The van der Waals surface area contributed by atoms with Crippen molar-refractivity contribution in [2.24, 2.45) is 0 Å². The van der Waals surface area contributed by atoms with E-state index in [-0.39, 0.29) is 5.82 Å². The van der Waals surface area contributed by atoms with Crippen LogP contribution >= 0.6 is 15.9 Å². The topological polar surface area (TPSA) is 82.8 Å². The Morgan fingerprint density at radius 1 is 1.62 bits per heavy atom. The van der Waals surface area contributed by atoms with Crippen LogP contribution in [0.15, 0.2) is 16.7 Å². The molecular formula is C9H10BrN3O2S. The highest BCUT2D eigenvalue weighted by Gasteiger charge is 2.21. The number of hydrogen-bond acceptors (Lipinski definition) is 4. The molecule has 86 valence electrons. The molecule has 0 aliphatic rings. The lowest BCUT2D eigenvalue weighted by Crippen LogP contribution is -2.24. The van der Waals surface area contributed by atoms with E-state index in [9.17, 15) is 8.42 Å². The summed E-state index contributed by atoms with van der Waals surface area (Å²) < 4.78 is 26.2. The highest BCUT2D eigenvalue weighted by molar-refractivity contribution is 9.10. The number of sulfonamides is 1. The summed E-state index contributed by atoms with van der Waals surface area (Å²) in [4.78, 5) is 3.93. The minimum absolute atomic E-state index is 0.241. The van der Waals surface area contributed by atoms with Gasteiger partial charge in [-0.05, 0) is 41.4 Å². The fourth-order valence-corrected chi connectivity index (χ4v) is 2.18. The highest BCUT2D eigenvalue weighted by atomic mass is 79.9. The predicted octanol–water partition coefficient (Wildman–Crippen LogP) is 1.81. The van der Waals surface area contributed by atoms with Crippen molar-refractivity contribution in [3.63, 3.8) is 0 Å². The summed E-state index contributed by atoms with van der Waals surface area (Å²) in [5.41, 5.74) is 0.683. The lowest BCUT2D eigenvalue weighted by molar-refractivity contribution is 0.597. The Hall–Kier alpha value is -1.13. The van der Waals surface area contributed by atoms with E-state index >= 15 is 0 Å². The van der Waals surface area contributed by atoms with E-state index < -0.39 is 15.3 Å². The zero-order chi connectivity index (χ0) is 12.3. The van der Waals surface area contributed by atoms with Gasteiger partial charge in [-0.3, -0.25) is 4.72 Å². The number of nitrogens with zero attached hydrogens (tertiary/aromatic N) is 2. The SMILES string of the molecule is Cc1cc(Br)cnc1NS(=O)(=O)C(C)C#N. The Kier molecular flexibility index (Phi) is 3.88. The number of pyridine rings is 1. The van der Waals surface area contributed by atoms with Crippen LogP contribution in [0.3, 0.4) is 0 Å². The number of aryl methyl sites for hydroxylation is 1. The Morgan fingerprint density at radius 3 is 2.75 bits per heavy atom. The molecular weight excluding hydrogens is 294 g/mol. The molecule has 0 amide bonds. The van der Waals surface area contributed by atoms with Crippen LogP contribution in [0.2, 0.25) is 0 Å². The van der Waals surface area contributed by atoms with E-state index in [4.69, 9.17) is 5.26 Å². The van der Waals surface area contributed by atoms with E-state index in [1.54, 1.807) is 19.1 Å². The summed E-state index contributed by atoms with van der Waals surface area (Å²) in [6.07, 6.45) is 1.49. The molecule has 0 saturated carbocycles. The number of nitrogens with one attached hydrogen (secondary N) is 1. The molecule has 1 aromatic heterocycles. The maximum Gasteiger partial charge on any atom is 0.250 e. The molecule has 0 bridgehead atoms. The highest BCUT2D eigenvalue weighted by Crippen LogP contribution is 2.18. The smallest absolute Gasteiger partial charge is 0.250 e. The van der Waals surface area contributed by atoms with Gasteiger partial charge in [-0.2, -0.15) is 5.26 Å². The molecule has 5 nitrogen and oxygen atoms in total. The van der Waals surface area contributed by atoms with E-state index in [1.165, 1.54) is 13.1 Å². The van der Waals surface area contributed by atoms with Crippen LogP contribution in [0, 0.1) is 18.3 Å². The van der Waals surface area contributed by atoms with Crippen LogP contribution < -0.4 is 4.72 Å². The molecule has 1 N–H and O–H groups in total. The molecule has 0 aliphatic heterocycles. The van der Waals surface area contributed by atoms with Crippen molar-refractivity contribution in [2.75, 3.05) is 4.72 Å². The standard InChI is InChI=1S/C9H10BrN3O2S/c1-6-3-8(10)5-12-9(6)13-16(14,15)7(2)4-11/h3,5,7H,1-2H3,(H,12,13). The van der Waals surface area contributed by atoms with Crippen LogP contribution in [0.1, 0.15) is 12.5 Å². The molecule has 0 spiro atoms. The zero-order valence-electron chi connectivity index (χ0n) is 8.73. The molecule has 1 aromatic rings. The summed E-state index contributed by atoms with van der Waals surface area (Å²) in [6.45, 7) is 3.04. The first-order valence-electron chi connectivity index (χ1n) is 4.40. The average molecular weight is 304 g/mol. The van der Waals surface area contributed by atoms with Gasteiger partial charge < -0.3 is 0 Å². The maximum atomic E-state index is 11.6. The van der Waals surface area contributed by atoms with Gasteiger partial charge >= 0.3 is 0 Å². The fraction of sp³-hybridized carbons (Fsp3) is 0.333. The van der Waals surface area contributed by atoms with Crippen molar-refractivity contribution in [1.82, 2.24) is 4.98 Å². The van der Waals surface area contributed by atoms with Crippen LogP contribution in [0.4, 0.5) is 5.82 Å². The van der Waals surface area contributed by atoms with E-state index in [1.807, 2.05) is 0 Å². The molecule has 7 heteroatoms. The minimum Gasteiger partial charge on any atom is -0.266 e. The molecule has 1 unspecified atom stereocenters. The van der Waals surface area contributed by atoms with E-state index in [0.717, 1.165) is 4.47 Å². The molecule has 16 heavy (non-hydrogen) atoms. The third-order valence-electron chi connectivity index (χ3n) is 1.93. The first kappa shape index (κ1) is 12.9. The van der Waals surface area contributed by atoms with Crippen molar-refractivity contribution in [1.29, 1.82) is 5.26 Å². The molecule has 0 aromatic carbocycles. The minimum atomic E-state index is -3.69. The van der Waals surface area contributed by atoms with E-state index in [0.29, 0.717) is 5.56 Å². The summed E-state index contributed by atoms with van der Waals surface area (Å²) in [7, 11) is -3.69. The number of halogens is 1. The number of rotatable bonds is 3.